The van der Waals surface area contributed by atoms with Crippen molar-refractivity contribution in [2.75, 3.05) is 26.3 Å². The molecule has 0 aliphatic carbocycles. The molecular formula is C6H12BNO2. The zero-order valence-corrected chi connectivity index (χ0v) is 6.08. The number of hydrogen-bond donors (Lipinski definition) is 0. The van der Waals surface area contributed by atoms with E-state index in [1.165, 1.54) is 0 Å². The molecule has 2 aliphatic heterocycles. The van der Waals surface area contributed by atoms with Gasteiger partial charge in [0, 0.05) is 13.2 Å². The zero-order valence-electron chi connectivity index (χ0n) is 6.08. The van der Waals surface area contributed by atoms with Crippen LogP contribution in [-0.4, -0.2) is 38.4 Å². The van der Waals surface area contributed by atoms with Gasteiger partial charge in [0.15, 0.2) is 0 Å². The van der Waals surface area contributed by atoms with Crippen LogP contribution in [0.2, 0.25) is 0 Å². The van der Waals surface area contributed by atoms with E-state index in [4.69, 9.17) is 9.31 Å². The van der Waals surface area contributed by atoms with Crippen molar-refractivity contribution in [2.45, 2.75) is 12.8 Å². The molecule has 2 fully saturated rings. The first-order valence-corrected chi connectivity index (χ1v) is 3.94. The Hall–Kier alpha value is -0.0551. The van der Waals surface area contributed by atoms with E-state index < -0.39 is 0 Å². The summed E-state index contributed by atoms with van der Waals surface area (Å²) in [6.07, 6.45) is 2.31. The van der Waals surface area contributed by atoms with Crippen LogP contribution in [0.3, 0.4) is 0 Å². The van der Waals surface area contributed by atoms with E-state index in [1.807, 2.05) is 0 Å². The Morgan fingerprint density at radius 3 is 2.10 bits per heavy atom. The summed E-state index contributed by atoms with van der Waals surface area (Å²) in [6, 6.07) is 0. The topological polar surface area (TPSA) is 21.7 Å². The van der Waals surface area contributed by atoms with Crippen LogP contribution in [0.15, 0.2) is 0 Å². The van der Waals surface area contributed by atoms with Crippen LogP contribution in [0.5, 0.6) is 0 Å². The van der Waals surface area contributed by atoms with Crippen LogP contribution in [0, 0.1) is 0 Å². The second-order valence-electron chi connectivity index (χ2n) is 2.79. The maximum Gasteiger partial charge on any atom is 0.557 e. The summed E-state index contributed by atoms with van der Waals surface area (Å²) >= 11 is 0. The quantitative estimate of drug-likeness (QED) is 0.447. The largest absolute Gasteiger partial charge is 0.557 e. The lowest BCUT2D eigenvalue weighted by Gasteiger charge is -2.34. The molecule has 0 amide bonds. The van der Waals surface area contributed by atoms with Crippen LogP contribution in [-0.2, 0) is 9.31 Å². The van der Waals surface area contributed by atoms with Gasteiger partial charge in [-0.05, 0) is 25.9 Å². The molecule has 56 valence electrons. The summed E-state index contributed by atoms with van der Waals surface area (Å²) < 4.78 is 10.8. The van der Waals surface area contributed by atoms with Gasteiger partial charge in [-0.1, -0.05) is 0 Å². The second kappa shape index (κ2) is 2.90. The van der Waals surface area contributed by atoms with Gasteiger partial charge >= 0.3 is 7.25 Å². The molecule has 0 aromatic carbocycles. The lowest BCUT2D eigenvalue weighted by molar-refractivity contribution is 0.0776. The fraction of sp³-hybridized carbons (Fsp3) is 1.00. The Bertz CT molecular complexity index is 96.3. The molecule has 2 heterocycles. The number of fused-ring (bicyclic) bond motifs is 1. The van der Waals surface area contributed by atoms with Crippen molar-refractivity contribution in [2.24, 2.45) is 0 Å². The molecular weight excluding hydrogens is 129 g/mol. The van der Waals surface area contributed by atoms with Crippen LogP contribution in [0.25, 0.3) is 0 Å². The van der Waals surface area contributed by atoms with Crippen LogP contribution >= 0.6 is 0 Å². The first-order valence-electron chi connectivity index (χ1n) is 3.94. The van der Waals surface area contributed by atoms with Crippen molar-refractivity contribution in [3.8, 4) is 0 Å². The fourth-order valence-corrected chi connectivity index (χ4v) is 1.49. The molecule has 0 aromatic heterocycles. The van der Waals surface area contributed by atoms with Gasteiger partial charge in [0.25, 0.3) is 0 Å². The Kier molecular flexibility index (Phi) is 1.93. The number of nitrogens with zero attached hydrogens (tertiary/aromatic N) is 1. The van der Waals surface area contributed by atoms with Crippen molar-refractivity contribution >= 4 is 7.25 Å². The van der Waals surface area contributed by atoms with E-state index in [0.29, 0.717) is 0 Å². The van der Waals surface area contributed by atoms with Gasteiger partial charge in [0.05, 0.1) is 0 Å². The summed E-state index contributed by atoms with van der Waals surface area (Å²) in [7, 11) is -0.0116. The lowest BCUT2D eigenvalue weighted by atomic mass is 9.98. The maximum absolute atomic E-state index is 5.39. The first kappa shape index (κ1) is 6.64. The van der Waals surface area contributed by atoms with Gasteiger partial charge in [-0.25, -0.2) is 0 Å². The predicted molar refractivity (Wildman–Crippen MR) is 38.5 cm³/mol. The van der Waals surface area contributed by atoms with E-state index in [-0.39, 0.29) is 7.25 Å². The third kappa shape index (κ3) is 1.19. The molecule has 0 bridgehead atoms. The van der Waals surface area contributed by atoms with Gasteiger partial charge in [-0.15, -0.1) is 0 Å². The van der Waals surface area contributed by atoms with Crippen molar-refractivity contribution in [3.05, 3.63) is 0 Å². The minimum Gasteiger partial charge on any atom is -0.397 e. The average molecular weight is 141 g/mol. The molecule has 0 unspecified atom stereocenters. The summed E-state index contributed by atoms with van der Waals surface area (Å²) in [4.78, 5) is 2.26. The SMILES string of the molecule is C1COB2OCCCN2C1. The predicted octanol–water partition coefficient (Wildman–Crippen LogP) is 0.114. The van der Waals surface area contributed by atoms with Gasteiger partial charge in [-0.3, -0.25) is 4.81 Å². The van der Waals surface area contributed by atoms with Crippen molar-refractivity contribution in [1.82, 2.24) is 4.81 Å². The van der Waals surface area contributed by atoms with Crippen molar-refractivity contribution in [3.63, 3.8) is 0 Å². The van der Waals surface area contributed by atoms with Gasteiger partial charge < -0.3 is 9.31 Å². The van der Waals surface area contributed by atoms with Crippen LogP contribution in [0.1, 0.15) is 12.8 Å². The summed E-state index contributed by atoms with van der Waals surface area (Å²) in [5, 5.41) is 0. The van der Waals surface area contributed by atoms with E-state index >= 15 is 0 Å². The smallest absolute Gasteiger partial charge is 0.397 e. The van der Waals surface area contributed by atoms with Gasteiger partial charge in [0.2, 0.25) is 0 Å². The van der Waals surface area contributed by atoms with E-state index in [2.05, 4.69) is 4.81 Å². The standard InChI is InChI=1S/C6H12BNO2/c1-3-8-4-2-6-10-7(8)9-5-1/h1-6H2. The molecule has 0 N–H and O–H groups in total. The van der Waals surface area contributed by atoms with E-state index in [1.54, 1.807) is 0 Å². The highest BCUT2D eigenvalue weighted by Gasteiger charge is 2.33. The Labute approximate surface area is 61.5 Å². The molecule has 2 rings (SSSR count). The lowest BCUT2D eigenvalue weighted by Crippen LogP contribution is -2.52. The van der Waals surface area contributed by atoms with Crippen LogP contribution < -0.4 is 0 Å². The van der Waals surface area contributed by atoms with E-state index in [9.17, 15) is 0 Å². The normalized spacial score (nSPS) is 28.2. The minimum absolute atomic E-state index is 0.0116. The summed E-state index contributed by atoms with van der Waals surface area (Å²) in [6.45, 7) is 4.01. The third-order valence-corrected chi connectivity index (χ3v) is 2.00. The number of rotatable bonds is 0. The molecule has 4 heteroatoms. The fourth-order valence-electron chi connectivity index (χ4n) is 1.49. The Morgan fingerprint density at radius 1 is 1.00 bits per heavy atom. The Morgan fingerprint density at radius 2 is 1.60 bits per heavy atom. The maximum atomic E-state index is 5.39. The van der Waals surface area contributed by atoms with Crippen molar-refractivity contribution in [1.29, 1.82) is 0 Å². The molecule has 0 radical (unpaired) electrons. The molecule has 0 aromatic rings. The van der Waals surface area contributed by atoms with Crippen LogP contribution in [0.4, 0.5) is 0 Å². The monoisotopic (exact) mass is 141 g/mol. The average Bonchev–Trinajstić information content (AvgIpc) is 2.05. The zero-order chi connectivity index (χ0) is 6.81. The van der Waals surface area contributed by atoms with Gasteiger partial charge in [0.1, 0.15) is 0 Å². The third-order valence-electron chi connectivity index (χ3n) is 2.00. The summed E-state index contributed by atoms with van der Waals surface area (Å²) in [5.41, 5.74) is 0. The summed E-state index contributed by atoms with van der Waals surface area (Å²) in [5.74, 6) is 0. The first-order chi connectivity index (χ1) is 4.97. The molecule has 2 aliphatic rings. The van der Waals surface area contributed by atoms with E-state index in [0.717, 1.165) is 39.1 Å². The molecule has 3 nitrogen and oxygen atoms in total. The molecule has 0 saturated carbocycles. The molecule has 0 spiro atoms. The van der Waals surface area contributed by atoms with Crippen molar-refractivity contribution < 1.29 is 9.31 Å². The highest BCUT2D eigenvalue weighted by atomic mass is 16.6. The number of hydrogen-bond acceptors (Lipinski definition) is 3. The highest BCUT2D eigenvalue weighted by molar-refractivity contribution is 6.41. The second-order valence-corrected chi connectivity index (χ2v) is 2.79. The molecule has 2 saturated heterocycles. The molecule has 0 atom stereocenters. The minimum atomic E-state index is -0.0116. The van der Waals surface area contributed by atoms with Gasteiger partial charge in [-0.2, -0.15) is 0 Å². The highest BCUT2D eigenvalue weighted by Crippen LogP contribution is 2.12. The Balaban J connectivity index is 1.93. The molecule has 10 heavy (non-hydrogen) atoms.